The minimum atomic E-state index is -1.01. The molecule has 0 unspecified atom stereocenters. The minimum absolute atomic E-state index is 0.0527. The highest BCUT2D eigenvalue weighted by molar-refractivity contribution is 5.90. The lowest BCUT2D eigenvalue weighted by Gasteiger charge is -2.44. The van der Waals surface area contributed by atoms with Gasteiger partial charge in [0.15, 0.2) is 0 Å². The fourth-order valence-corrected chi connectivity index (χ4v) is 3.95. The molecule has 2 aliphatic rings. The lowest BCUT2D eigenvalue weighted by Crippen LogP contribution is -2.43. The van der Waals surface area contributed by atoms with E-state index in [0.29, 0.717) is 12.3 Å². The number of cyclic esters (lactones) is 1. The van der Waals surface area contributed by atoms with Gasteiger partial charge in [0.25, 0.3) is 0 Å². The first-order valence-corrected chi connectivity index (χ1v) is 8.51. The third-order valence-corrected chi connectivity index (χ3v) is 5.67. The SMILES string of the molecule is C=C[C@@]1(C)CC[C@H](C2=CC[C@H](C(C)(C)O)OC2=O)C[C@@H]1C(=C)C. The molecule has 1 saturated carbocycles. The molecular formula is C20H30O3. The van der Waals surface area contributed by atoms with Crippen LogP contribution in [0.5, 0.6) is 0 Å². The van der Waals surface area contributed by atoms with Crippen molar-refractivity contribution in [2.75, 3.05) is 0 Å². The predicted molar refractivity (Wildman–Crippen MR) is 92.8 cm³/mol. The lowest BCUT2D eigenvalue weighted by atomic mass is 9.61. The van der Waals surface area contributed by atoms with Crippen LogP contribution in [0, 0.1) is 17.3 Å². The monoisotopic (exact) mass is 318 g/mol. The van der Waals surface area contributed by atoms with Crippen LogP contribution in [-0.2, 0) is 9.53 Å². The maximum Gasteiger partial charge on any atom is 0.334 e. The molecule has 1 aliphatic heterocycles. The summed E-state index contributed by atoms with van der Waals surface area (Å²) in [5.74, 6) is 0.274. The zero-order valence-corrected chi connectivity index (χ0v) is 14.9. The Kier molecular flexibility index (Phi) is 4.91. The largest absolute Gasteiger partial charge is 0.456 e. The van der Waals surface area contributed by atoms with E-state index in [4.69, 9.17) is 4.74 Å². The first-order chi connectivity index (χ1) is 10.6. The Bertz CT molecular complexity index is 538. The number of esters is 1. The number of carbonyl (C=O) groups excluding carboxylic acids is 1. The molecule has 2 rings (SSSR count). The molecule has 0 aromatic heterocycles. The fourth-order valence-electron chi connectivity index (χ4n) is 3.95. The molecule has 3 nitrogen and oxygen atoms in total. The van der Waals surface area contributed by atoms with Gasteiger partial charge < -0.3 is 9.84 Å². The minimum Gasteiger partial charge on any atom is -0.456 e. The van der Waals surface area contributed by atoms with E-state index in [-0.39, 0.29) is 17.3 Å². The lowest BCUT2D eigenvalue weighted by molar-refractivity contribution is -0.159. The molecule has 128 valence electrons. The van der Waals surface area contributed by atoms with Crippen LogP contribution >= 0.6 is 0 Å². The molecule has 0 amide bonds. The van der Waals surface area contributed by atoms with E-state index in [1.807, 2.05) is 12.2 Å². The van der Waals surface area contributed by atoms with Crippen LogP contribution in [-0.4, -0.2) is 22.8 Å². The van der Waals surface area contributed by atoms with Crippen LogP contribution in [0.4, 0.5) is 0 Å². The Morgan fingerprint density at radius 2 is 2.17 bits per heavy atom. The van der Waals surface area contributed by atoms with Gasteiger partial charge in [0.2, 0.25) is 0 Å². The molecule has 3 heteroatoms. The number of carbonyl (C=O) groups is 1. The molecule has 1 heterocycles. The number of hydrogen-bond donors (Lipinski definition) is 1. The normalized spacial score (nSPS) is 35.3. The van der Waals surface area contributed by atoms with Gasteiger partial charge >= 0.3 is 5.97 Å². The average molecular weight is 318 g/mol. The van der Waals surface area contributed by atoms with E-state index in [9.17, 15) is 9.90 Å². The summed E-state index contributed by atoms with van der Waals surface area (Å²) in [5.41, 5.74) is 0.974. The van der Waals surface area contributed by atoms with Crippen molar-refractivity contribution in [2.24, 2.45) is 17.3 Å². The zero-order valence-electron chi connectivity index (χ0n) is 14.9. The molecule has 0 saturated heterocycles. The van der Waals surface area contributed by atoms with Crippen LogP contribution in [0.25, 0.3) is 0 Å². The molecule has 23 heavy (non-hydrogen) atoms. The quantitative estimate of drug-likeness (QED) is 0.624. The summed E-state index contributed by atoms with van der Waals surface area (Å²) in [5, 5.41) is 10.0. The molecule has 1 fully saturated rings. The number of ether oxygens (including phenoxy) is 1. The van der Waals surface area contributed by atoms with E-state index in [1.54, 1.807) is 13.8 Å². The van der Waals surface area contributed by atoms with Crippen molar-refractivity contribution in [3.8, 4) is 0 Å². The van der Waals surface area contributed by atoms with Crippen molar-refractivity contribution in [3.63, 3.8) is 0 Å². The Morgan fingerprint density at radius 1 is 1.52 bits per heavy atom. The Morgan fingerprint density at radius 3 is 2.65 bits per heavy atom. The zero-order chi connectivity index (χ0) is 17.4. The van der Waals surface area contributed by atoms with Gasteiger partial charge in [0, 0.05) is 12.0 Å². The number of rotatable bonds is 4. The van der Waals surface area contributed by atoms with Gasteiger partial charge in [-0.15, -0.1) is 6.58 Å². The van der Waals surface area contributed by atoms with Gasteiger partial charge in [0.1, 0.15) is 6.10 Å². The summed E-state index contributed by atoms with van der Waals surface area (Å²) in [6.45, 7) is 15.8. The number of allylic oxidation sites excluding steroid dienone is 2. The molecule has 4 atom stereocenters. The van der Waals surface area contributed by atoms with Crippen LogP contribution in [0.3, 0.4) is 0 Å². The van der Waals surface area contributed by atoms with Crippen molar-refractivity contribution in [2.45, 2.75) is 65.1 Å². The Hall–Kier alpha value is -1.35. The Balaban J connectivity index is 2.17. The second kappa shape index (κ2) is 6.27. The fraction of sp³-hybridized carbons (Fsp3) is 0.650. The van der Waals surface area contributed by atoms with E-state index in [2.05, 4.69) is 27.0 Å². The van der Waals surface area contributed by atoms with Gasteiger partial charge in [-0.3, -0.25) is 0 Å². The van der Waals surface area contributed by atoms with E-state index < -0.39 is 11.7 Å². The van der Waals surface area contributed by atoms with Crippen molar-refractivity contribution in [3.05, 3.63) is 36.5 Å². The van der Waals surface area contributed by atoms with Gasteiger partial charge in [0.05, 0.1) is 5.60 Å². The molecule has 0 aromatic rings. The van der Waals surface area contributed by atoms with E-state index in [1.165, 1.54) is 0 Å². The maximum atomic E-state index is 12.4. The summed E-state index contributed by atoms with van der Waals surface area (Å²) < 4.78 is 5.49. The standard InChI is InChI=1S/C20H30O3/c1-7-20(6)11-10-14(12-16(20)13(2)3)15-8-9-17(19(4,5)22)23-18(15)21/h7-8,14,16-17,22H,1-2,9-12H2,3-6H3/t14-,16+,17+,20-/m0/s1. The Labute approximate surface area is 140 Å². The molecule has 0 bridgehead atoms. The highest BCUT2D eigenvalue weighted by atomic mass is 16.6. The van der Waals surface area contributed by atoms with Crippen LogP contribution < -0.4 is 0 Å². The van der Waals surface area contributed by atoms with Crippen molar-refractivity contribution in [1.29, 1.82) is 0 Å². The second-order valence-electron chi connectivity index (χ2n) is 8.02. The molecule has 1 aliphatic carbocycles. The van der Waals surface area contributed by atoms with Crippen LogP contribution in [0.1, 0.15) is 53.4 Å². The average Bonchev–Trinajstić information content (AvgIpc) is 2.46. The number of hydrogen-bond acceptors (Lipinski definition) is 3. The smallest absolute Gasteiger partial charge is 0.334 e. The first-order valence-electron chi connectivity index (χ1n) is 8.51. The molecule has 0 radical (unpaired) electrons. The number of aliphatic hydroxyl groups is 1. The summed E-state index contributed by atoms with van der Waals surface area (Å²) in [7, 11) is 0. The maximum absolute atomic E-state index is 12.4. The molecule has 0 spiro atoms. The topological polar surface area (TPSA) is 46.5 Å². The summed E-state index contributed by atoms with van der Waals surface area (Å²) in [6.07, 6.45) is 7.01. The van der Waals surface area contributed by atoms with Crippen molar-refractivity contribution >= 4 is 5.97 Å². The van der Waals surface area contributed by atoms with E-state index in [0.717, 1.165) is 30.4 Å². The van der Waals surface area contributed by atoms with Gasteiger partial charge in [-0.25, -0.2) is 4.79 Å². The van der Waals surface area contributed by atoms with Crippen molar-refractivity contribution < 1.29 is 14.6 Å². The second-order valence-corrected chi connectivity index (χ2v) is 8.02. The first kappa shape index (κ1) is 18.0. The highest BCUT2D eigenvalue weighted by Crippen LogP contribution is 2.49. The molecule has 1 N–H and O–H groups in total. The highest BCUT2D eigenvalue weighted by Gasteiger charge is 2.42. The van der Waals surface area contributed by atoms with E-state index >= 15 is 0 Å². The predicted octanol–water partition coefficient (Wildman–Crippen LogP) is 4.18. The van der Waals surface area contributed by atoms with Crippen molar-refractivity contribution in [1.82, 2.24) is 0 Å². The third kappa shape index (κ3) is 3.60. The summed E-state index contributed by atoms with van der Waals surface area (Å²) in [4.78, 5) is 12.4. The molecule has 0 aromatic carbocycles. The van der Waals surface area contributed by atoms with Gasteiger partial charge in [-0.05, 0) is 57.3 Å². The van der Waals surface area contributed by atoms with Crippen LogP contribution in [0.15, 0.2) is 36.5 Å². The summed E-state index contributed by atoms with van der Waals surface area (Å²) >= 11 is 0. The van der Waals surface area contributed by atoms with Gasteiger partial charge in [-0.2, -0.15) is 0 Å². The summed E-state index contributed by atoms with van der Waals surface area (Å²) in [6, 6.07) is 0. The van der Waals surface area contributed by atoms with Gasteiger partial charge in [-0.1, -0.05) is 31.2 Å². The third-order valence-electron chi connectivity index (χ3n) is 5.67. The molecular weight excluding hydrogens is 288 g/mol. The van der Waals surface area contributed by atoms with Crippen LogP contribution in [0.2, 0.25) is 0 Å².